The van der Waals surface area contributed by atoms with Crippen LogP contribution >= 0.6 is 0 Å². The van der Waals surface area contributed by atoms with Crippen molar-refractivity contribution in [3.63, 3.8) is 0 Å². The number of hydrogen-bond donors (Lipinski definition) is 1. The first-order chi connectivity index (χ1) is 15.0. The summed E-state index contributed by atoms with van der Waals surface area (Å²) >= 11 is 0. The molecular formula is C24H26FN3O3. The average Bonchev–Trinajstić information content (AvgIpc) is 3.06. The van der Waals surface area contributed by atoms with Gasteiger partial charge in [-0.25, -0.2) is 9.18 Å². The summed E-state index contributed by atoms with van der Waals surface area (Å²) in [6, 6.07) is 8.50. The van der Waals surface area contributed by atoms with Crippen molar-refractivity contribution in [2.45, 2.75) is 50.2 Å². The van der Waals surface area contributed by atoms with Crippen LogP contribution in [0.5, 0.6) is 0 Å². The number of halogens is 1. The first kappa shape index (κ1) is 20.0. The number of nitrogens with one attached hydrogen (secondary N) is 1. The maximum atomic E-state index is 13.5. The Morgan fingerprint density at radius 1 is 1.16 bits per heavy atom. The van der Waals surface area contributed by atoms with E-state index in [9.17, 15) is 14.0 Å². The van der Waals surface area contributed by atoms with Gasteiger partial charge >= 0.3 is 5.97 Å². The number of piperidine rings is 1. The number of amides is 1. The molecule has 1 amide bonds. The molecule has 0 radical (unpaired) electrons. The second-order valence-electron chi connectivity index (χ2n) is 8.83. The number of rotatable bonds is 3. The molecule has 5 rings (SSSR count). The van der Waals surface area contributed by atoms with Gasteiger partial charge in [-0.15, -0.1) is 0 Å². The van der Waals surface area contributed by atoms with Crippen molar-refractivity contribution in [3.05, 3.63) is 59.7 Å². The van der Waals surface area contributed by atoms with Gasteiger partial charge in [0.15, 0.2) is 0 Å². The second kappa shape index (κ2) is 7.94. The highest BCUT2D eigenvalue weighted by Crippen LogP contribution is 2.47. The van der Waals surface area contributed by atoms with Gasteiger partial charge in [-0.05, 0) is 62.8 Å². The number of nitrogens with zero attached hydrogens (tertiary/aromatic N) is 2. The van der Waals surface area contributed by atoms with Crippen LogP contribution in [-0.4, -0.2) is 36.0 Å². The zero-order valence-electron chi connectivity index (χ0n) is 17.4. The molecule has 2 fully saturated rings. The molecule has 1 aromatic heterocycles. The number of carbonyl (C=O) groups is 2. The smallest absolute Gasteiger partial charge is 0.339 e. The van der Waals surface area contributed by atoms with Crippen LogP contribution in [0.3, 0.4) is 0 Å². The quantitative estimate of drug-likeness (QED) is 0.765. The maximum absolute atomic E-state index is 13.5. The number of pyridine rings is 1. The summed E-state index contributed by atoms with van der Waals surface area (Å²) in [6.45, 7) is 1.59. The lowest BCUT2D eigenvalue weighted by Gasteiger charge is -2.37. The summed E-state index contributed by atoms with van der Waals surface area (Å²) in [7, 11) is 0. The van der Waals surface area contributed by atoms with Gasteiger partial charge in [-0.2, -0.15) is 0 Å². The van der Waals surface area contributed by atoms with Crippen LogP contribution in [0.1, 0.15) is 54.4 Å². The molecule has 0 atom stereocenters. The molecule has 1 saturated carbocycles. The standard InChI is InChI=1S/C24H26FN3O3/c25-17-2-1-3-19(14-17)28-12-7-18(8-13-28)27-22(29)16-4-9-24(10-5-16)21-15-26-11-6-20(21)23(30)31-24/h1-3,6,11,14-16,18H,4-5,7-10,12-13H2,(H,27,29). The van der Waals surface area contributed by atoms with Crippen LogP contribution in [0.2, 0.25) is 0 Å². The third-order valence-electron chi connectivity index (χ3n) is 7.00. The van der Waals surface area contributed by atoms with E-state index < -0.39 is 5.60 Å². The van der Waals surface area contributed by atoms with E-state index in [1.54, 1.807) is 30.6 Å². The van der Waals surface area contributed by atoms with Gasteiger partial charge in [0.2, 0.25) is 5.91 Å². The van der Waals surface area contributed by atoms with E-state index in [1.807, 2.05) is 6.07 Å². The molecule has 31 heavy (non-hydrogen) atoms. The number of anilines is 1. The second-order valence-corrected chi connectivity index (χ2v) is 8.83. The molecule has 2 aromatic rings. The van der Waals surface area contributed by atoms with E-state index in [4.69, 9.17) is 4.74 Å². The molecule has 2 aliphatic heterocycles. The fourth-order valence-electron chi connectivity index (χ4n) is 5.21. The van der Waals surface area contributed by atoms with E-state index >= 15 is 0 Å². The van der Waals surface area contributed by atoms with Crippen molar-refractivity contribution in [2.24, 2.45) is 5.92 Å². The summed E-state index contributed by atoms with van der Waals surface area (Å²) in [5.41, 5.74) is 1.74. The van der Waals surface area contributed by atoms with Crippen LogP contribution in [-0.2, 0) is 15.1 Å². The minimum atomic E-state index is -0.617. The highest BCUT2D eigenvalue weighted by atomic mass is 19.1. The van der Waals surface area contributed by atoms with Crippen molar-refractivity contribution >= 4 is 17.6 Å². The number of fused-ring (bicyclic) bond motifs is 2. The van der Waals surface area contributed by atoms with Crippen molar-refractivity contribution < 1.29 is 18.7 Å². The Hall–Kier alpha value is -2.96. The highest BCUT2D eigenvalue weighted by Gasteiger charge is 2.48. The summed E-state index contributed by atoms with van der Waals surface area (Å²) in [4.78, 5) is 31.4. The van der Waals surface area contributed by atoms with E-state index in [2.05, 4.69) is 15.2 Å². The number of aromatic nitrogens is 1. The summed E-state index contributed by atoms with van der Waals surface area (Å²) in [6.07, 6.45) is 7.70. The normalized spacial score (nSPS) is 25.9. The lowest BCUT2D eigenvalue weighted by molar-refractivity contribution is -0.128. The van der Waals surface area contributed by atoms with Gasteiger partial charge in [-0.3, -0.25) is 9.78 Å². The molecule has 1 saturated heterocycles. The van der Waals surface area contributed by atoms with Gasteiger partial charge in [0.05, 0.1) is 5.56 Å². The number of hydrogen-bond acceptors (Lipinski definition) is 5. The predicted molar refractivity (Wildman–Crippen MR) is 113 cm³/mol. The van der Waals surface area contributed by atoms with Crippen molar-refractivity contribution in [1.29, 1.82) is 0 Å². The zero-order valence-corrected chi connectivity index (χ0v) is 17.4. The van der Waals surface area contributed by atoms with Gasteiger partial charge in [0.25, 0.3) is 0 Å². The molecule has 1 aliphatic carbocycles. The summed E-state index contributed by atoms with van der Waals surface area (Å²) in [5.74, 6) is -0.485. The lowest BCUT2D eigenvalue weighted by Crippen LogP contribution is -2.47. The van der Waals surface area contributed by atoms with E-state index in [0.29, 0.717) is 31.2 Å². The van der Waals surface area contributed by atoms with Crippen LogP contribution in [0.4, 0.5) is 10.1 Å². The molecule has 6 nitrogen and oxygen atoms in total. The largest absolute Gasteiger partial charge is 0.450 e. The van der Waals surface area contributed by atoms with E-state index in [0.717, 1.165) is 37.2 Å². The number of carbonyl (C=O) groups excluding carboxylic acids is 2. The Morgan fingerprint density at radius 3 is 2.68 bits per heavy atom. The minimum Gasteiger partial charge on any atom is -0.450 e. The van der Waals surface area contributed by atoms with Crippen molar-refractivity contribution in [1.82, 2.24) is 10.3 Å². The Morgan fingerprint density at radius 2 is 1.94 bits per heavy atom. The van der Waals surface area contributed by atoms with E-state index in [1.165, 1.54) is 6.07 Å². The fraction of sp³-hybridized carbons (Fsp3) is 0.458. The molecule has 1 aromatic carbocycles. The van der Waals surface area contributed by atoms with Crippen LogP contribution < -0.4 is 10.2 Å². The van der Waals surface area contributed by atoms with Crippen molar-refractivity contribution in [3.8, 4) is 0 Å². The molecule has 1 N–H and O–H groups in total. The Kier molecular flexibility index (Phi) is 5.12. The molecule has 1 spiro atoms. The lowest BCUT2D eigenvalue weighted by atomic mass is 9.75. The topological polar surface area (TPSA) is 71.5 Å². The SMILES string of the molecule is O=C1OC2(CCC(C(=O)NC3CCN(c4cccc(F)c4)CC3)CC2)c2cnccc21. The molecule has 3 heterocycles. The maximum Gasteiger partial charge on any atom is 0.339 e. The van der Waals surface area contributed by atoms with Crippen molar-refractivity contribution in [2.75, 3.05) is 18.0 Å². The molecule has 0 unspecified atom stereocenters. The summed E-state index contributed by atoms with van der Waals surface area (Å²) < 4.78 is 19.2. The third kappa shape index (κ3) is 3.77. The number of esters is 1. The molecule has 0 bridgehead atoms. The average molecular weight is 423 g/mol. The third-order valence-corrected chi connectivity index (χ3v) is 7.00. The molecular weight excluding hydrogens is 397 g/mol. The number of ether oxygens (including phenoxy) is 1. The van der Waals surface area contributed by atoms with Crippen LogP contribution in [0.15, 0.2) is 42.7 Å². The molecule has 162 valence electrons. The Bertz CT molecular complexity index is 995. The van der Waals surface area contributed by atoms with Crippen LogP contribution in [0, 0.1) is 11.7 Å². The van der Waals surface area contributed by atoms with Gasteiger partial charge in [0, 0.05) is 48.7 Å². The molecule has 7 heteroatoms. The van der Waals surface area contributed by atoms with Crippen LogP contribution in [0.25, 0.3) is 0 Å². The fourth-order valence-corrected chi connectivity index (χ4v) is 5.21. The highest BCUT2D eigenvalue weighted by molar-refractivity contribution is 5.94. The summed E-state index contributed by atoms with van der Waals surface area (Å²) in [5, 5.41) is 3.22. The van der Waals surface area contributed by atoms with Gasteiger partial charge < -0.3 is 15.0 Å². The van der Waals surface area contributed by atoms with Gasteiger partial charge in [0.1, 0.15) is 11.4 Å². The first-order valence-corrected chi connectivity index (χ1v) is 11.0. The first-order valence-electron chi connectivity index (χ1n) is 11.0. The zero-order chi connectivity index (χ0) is 21.4. The molecule has 3 aliphatic rings. The minimum absolute atomic E-state index is 0.0636. The monoisotopic (exact) mass is 423 g/mol. The Balaban J connectivity index is 1.14. The number of benzene rings is 1. The van der Waals surface area contributed by atoms with Gasteiger partial charge in [-0.1, -0.05) is 6.07 Å². The predicted octanol–water partition coefficient (Wildman–Crippen LogP) is 3.56. The Labute approximate surface area is 180 Å². The van der Waals surface area contributed by atoms with E-state index in [-0.39, 0.29) is 29.7 Å².